The van der Waals surface area contributed by atoms with Gasteiger partial charge in [0.15, 0.2) is 16.6 Å². The lowest BCUT2D eigenvalue weighted by Gasteiger charge is -2.14. The molecule has 0 unspecified atom stereocenters. The van der Waals surface area contributed by atoms with Crippen LogP contribution in [0.3, 0.4) is 0 Å². The SMILES string of the molecule is COc1ccc(/C=N\NC(=S)NC[C@@H]2CCCO2)c(OC)c1OC. The Kier molecular flexibility index (Phi) is 7.07. The van der Waals surface area contributed by atoms with Crippen molar-refractivity contribution in [2.75, 3.05) is 34.5 Å². The number of rotatable bonds is 7. The second-order valence-electron chi connectivity index (χ2n) is 5.14. The number of methoxy groups -OCH3 is 3. The molecule has 0 saturated carbocycles. The van der Waals surface area contributed by atoms with Crippen LogP contribution in [-0.4, -0.2) is 51.9 Å². The average molecular weight is 353 g/mol. The lowest BCUT2D eigenvalue weighted by atomic mass is 10.2. The summed E-state index contributed by atoms with van der Waals surface area (Å²) >= 11 is 5.19. The third-order valence-electron chi connectivity index (χ3n) is 3.62. The third kappa shape index (κ3) is 4.72. The first-order valence-corrected chi connectivity index (χ1v) is 8.08. The summed E-state index contributed by atoms with van der Waals surface area (Å²) in [7, 11) is 4.70. The van der Waals surface area contributed by atoms with Crippen LogP contribution in [0.4, 0.5) is 0 Å². The van der Waals surface area contributed by atoms with Gasteiger partial charge in [-0.3, -0.25) is 5.43 Å². The summed E-state index contributed by atoms with van der Waals surface area (Å²) in [6, 6.07) is 3.62. The Morgan fingerprint density at radius 1 is 1.29 bits per heavy atom. The van der Waals surface area contributed by atoms with E-state index in [1.807, 2.05) is 6.07 Å². The number of nitrogens with one attached hydrogen (secondary N) is 2. The molecular formula is C16H23N3O4S. The maximum absolute atomic E-state index is 5.52. The van der Waals surface area contributed by atoms with E-state index < -0.39 is 0 Å². The second kappa shape index (κ2) is 9.29. The fraction of sp³-hybridized carbons (Fsp3) is 0.500. The van der Waals surface area contributed by atoms with E-state index >= 15 is 0 Å². The molecular weight excluding hydrogens is 330 g/mol. The smallest absolute Gasteiger partial charge is 0.203 e. The maximum Gasteiger partial charge on any atom is 0.203 e. The van der Waals surface area contributed by atoms with Gasteiger partial charge in [0.05, 0.1) is 33.6 Å². The van der Waals surface area contributed by atoms with Crippen molar-refractivity contribution in [3.8, 4) is 17.2 Å². The number of hydrogen-bond acceptors (Lipinski definition) is 6. The molecule has 1 fully saturated rings. The summed E-state index contributed by atoms with van der Waals surface area (Å²) in [5.74, 6) is 1.65. The number of hydrazone groups is 1. The fourth-order valence-electron chi connectivity index (χ4n) is 2.44. The van der Waals surface area contributed by atoms with Gasteiger partial charge in [0.1, 0.15) is 0 Å². The zero-order valence-electron chi connectivity index (χ0n) is 14.1. The van der Waals surface area contributed by atoms with Crippen molar-refractivity contribution in [3.63, 3.8) is 0 Å². The van der Waals surface area contributed by atoms with Crippen LogP contribution in [-0.2, 0) is 4.74 Å². The van der Waals surface area contributed by atoms with Gasteiger partial charge in [0.25, 0.3) is 0 Å². The second-order valence-corrected chi connectivity index (χ2v) is 5.55. The summed E-state index contributed by atoms with van der Waals surface area (Å²) < 4.78 is 21.5. The van der Waals surface area contributed by atoms with E-state index in [1.54, 1.807) is 33.6 Å². The molecule has 1 saturated heterocycles. The predicted molar refractivity (Wildman–Crippen MR) is 96.4 cm³/mol. The van der Waals surface area contributed by atoms with Gasteiger partial charge >= 0.3 is 0 Å². The van der Waals surface area contributed by atoms with E-state index in [2.05, 4.69) is 15.8 Å². The van der Waals surface area contributed by atoms with Crippen LogP contribution in [0, 0.1) is 0 Å². The number of nitrogens with zero attached hydrogens (tertiary/aromatic N) is 1. The van der Waals surface area contributed by atoms with Crippen molar-refractivity contribution in [2.45, 2.75) is 18.9 Å². The third-order valence-corrected chi connectivity index (χ3v) is 3.85. The van der Waals surface area contributed by atoms with Crippen LogP contribution in [0.25, 0.3) is 0 Å². The lowest BCUT2D eigenvalue weighted by Crippen LogP contribution is -2.37. The average Bonchev–Trinajstić information content (AvgIpc) is 3.12. The van der Waals surface area contributed by atoms with Gasteiger partial charge in [-0.05, 0) is 37.2 Å². The van der Waals surface area contributed by atoms with E-state index in [-0.39, 0.29) is 6.10 Å². The van der Waals surface area contributed by atoms with Crippen LogP contribution in [0.15, 0.2) is 17.2 Å². The van der Waals surface area contributed by atoms with E-state index in [0.29, 0.717) is 28.9 Å². The van der Waals surface area contributed by atoms with Crippen molar-refractivity contribution < 1.29 is 18.9 Å². The Hall–Kier alpha value is -2.06. The van der Waals surface area contributed by atoms with Crippen molar-refractivity contribution in [3.05, 3.63) is 17.7 Å². The topological polar surface area (TPSA) is 73.3 Å². The zero-order chi connectivity index (χ0) is 17.4. The van der Waals surface area contributed by atoms with Crippen LogP contribution in [0.1, 0.15) is 18.4 Å². The molecule has 7 nitrogen and oxygen atoms in total. The number of ether oxygens (including phenoxy) is 4. The maximum atomic E-state index is 5.52. The molecule has 2 N–H and O–H groups in total. The molecule has 8 heteroatoms. The minimum absolute atomic E-state index is 0.222. The number of benzene rings is 1. The number of hydrogen-bond donors (Lipinski definition) is 2. The molecule has 1 aromatic rings. The summed E-state index contributed by atoms with van der Waals surface area (Å²) in [5.41, 5.74) is 3.52. The Labute approximate surface area is 147 Å². The van der Waals surface area contributed by atoms with Crippen LogP contribution in [0.5, 0.6) is 17.2 Å². The molecule has 0 spiro atoms. The Morgan fingerprint density at radius 2 is 2.08 bits per heavy atom. The van der Waals surface area contributed by atoms with Crippen molar-refractivity contribution in [1.82, 2.24) is 10.7 Å². The van der Waals surface area contributed by atoms with Gasteiger partial charge in [-0.1, -0.05) is 0 Å². The van der Waals surface area contributed by atoms with Gasteiger partial charge in [0, 0.05) is 18.7 Å². The molecule has 1 aromatic carbocycles. The summed E-state index contributed by atoms with van der Waals surface area (Å²) in [5, 5.41) is 7.66. The first-order chi connectivity index (χ1) is 11.7. The van der Waals surface area contributed by atoms with Crippen LogP contribution in [0.2, 0.25) is 0 Å². The molecule has 0 radical (unpaired) electrons. The lowest BCUT2D eigenvalue weighted by molar-refractivity contribution is 0.114. The highest BCUT2D eigenvalue weighted by atomic mass is 32.1. The molecule has 1 atom stereocenters. The Bertz CT molecular complexity index is 589. The minimum Gasteiger partial charge on any atom is -0.493 e. The van der Waals surface area contributed by atoms with E-state index in [0.717, 1.165) is 25.0 Å². The van der Waals surface area contributed by atoms with Crippen molar-refractivity contribution >= 4 is 23.5 Å². The summed E-state index contributed by atoms with van der Waals surface area (Å²) in [6.45, 7) is 1.50. The van der Waals surface area contributed by atoms with Gasteiger partial charge in [-0.2, -0.15) is 5.10 Å². The quantitative estimate of drug-likeness (QED) is 0.439. The first-order valence-electron chi connectivity index (χ1n) is 7.67. The monoisotopic (exact) mass is 353 g/mol. The predicted octanol–water partition coefficient (Wildman–Crippen LogP) is 1.69. The standard InChI is InChI=1S/C16H23N3O4S/c1-20-13-7-6-11(14(21-2)15(13)22-3)9-18-19-16(24)17-10-12-5-4-8-23-12/h6-7,9,12H,4-5,8,10H2,1-3H3,(H2,17,19,24)/b18-9-/t12-/m0/s1. The van der Waals surface area contributed by atoms with Gasteiger partial charge in [0.2, 0.25) is 5.75 Å². The molecule has 1 heterocycles. The molecule has 1 aliphatic heterocycles. The molecule has 1 aliphatic rings. The largest absolute Gasteiger partial charge is 0.493 e. The molecule has 0 bridgehead atoms. The molecule has 0 amide bonds. The number of thiocarbonyl (C=S) groups is 1. The van der Waals surface area contributed by atoms with Crippen molar-refractivity contribution in [2.24, 2.45) is 5.10 Å². The summed E-state index contributed by atoms with van der Waals surface area (Å²) in [6.07, 6.45) is 3.99. The highest BCUT2D eigenvalue weighted by molar-refractivity contribution is 7.80. The van der Waals surface area contributed by atoms with E-state index in [4.69, 9.17) is 31.2 Å². The Morgan fingerprint density at radius 3 is 2.71 bits per heavy atom. The summed E-state index contributed by atoms with van der Waals surface area (Å²) in [4.78, 5) is 0. The molecule has 132 valence electrons. The van der Waals surface area contributed by atoms with Gasteiger partial charge in [-0.25, -0.2) is 0 Å². The van der Waals surface area contributed by atoms with Crippen LogP contribution < -0.4 is 25.0 Å². The van der Waals surface area contributed by atoms with E-state index in [9.17, 15) is 0 Å². The molecule has 0 aromatic heterocycles. The molecule has 2 rings (SSSR count). The van der Waals surface area contributed by atoms with Crippen LogP contribution >= 0.6 is 12.2 Å². The minimum atomic E-state index is 0.222. The normalized spacial score (nSPS) is 16.9. The first kappa shape index (κ1) is 18.3. The fourth-order valence-corrected chi connectivity index (χ4v) is 2.57. The molecule has 0 aliphatic carbocycles. The van der Waals surface area contributed by atoms with Crippen molar-refractivity contribution in [1.29, 1.82) is 0 Å². The van der Waals surface area contributed by atoms with Gasteiger partial charge < -0.3 is 24.3 Å². The highest BCUT2D eigenvalue weighted by Crippen LogP contribution is 2.38. The zero-order valence-corrected chi connectivity index (χ0v) is 14.9. The highest BCUT2D eigenvalue weighted by Gasteiger charge is 2.16. The molecule has 24 heavy (non-hydrogen) atoms. The van der Waals surface area contributed by atoms with Gasteiger partial charge in [-0.15, -0.1) is 0 Å². The Balaban J connectivity index is 1.94. The van der Waals surface area contributed by atoms with E-state index in [1.165, 1.54) is 0 Å².